The maximum atomic E-state index is 12.8. The Morgan fingerprint density at radius 2 is 1.82 bits per heavy atom. The molecular weight excluding hydrogens is 411 g/mol. The van der Waals surface area contributed by atoms with E-state index in [1.807, 2.05) is 0 Å². The molecule has 1 aliphatic heterocycles. The first kappa shape index (κ1) is 23.3. The second-order valence-corrected chi connectivity index (χ2v) is 10.4. The Hall–Kier alpha value is -0.940. The second kappa shape index (κ2) is 9.71. The molecule has 1 saturated heterocycles. The summed E-state index contributed by atoms with van der Waals surface area (Å²) in [5.74, 6) is 0.194. The molecule has 0 aromatic carbocycles. The van der Waals surface area contributed by atoms with Crippen LogP contribution >= 0.6 is 19.4 Å². The van der Waals surface area contributed by atoms with E-state index in [0.717, 1.165) is 10.6 Å². The molecule has 1 aromatic heterocycles. The van der Waals surface area contributed by atoms with Gasteiger partial charge in [0.05, 0.1) is 23.8 Å². The number of aromatic nitrogens is 2. The van der Waals surface area contributed by atoms with E-state index in [-0.39, 0.29) is 23.5 Å². The van der Waals surface area contributed by atoms with Gasteiger partial charge < -0.3 is 24.0 Å². The van der Waals surface area contributed by atoms with Crippen molar-refractivity contribution in [1.29, 1.82) is 0 Å². The standard InChI is InChI=1S/C16H27N2O8PS/c1-9(2)25-27(23,26-10(3)4)8-28-7-11-13(20)14(21)15(24-11)18-6-5-12(19)17-16(18)22/h5-6,9-11,13-15,20-21H,7-8H2,1-4H3,(H,17,19,22)/t11-,13-,14-,15-/m1/s1. The quantitative estimate of drug-likeness (QED) is 0.480. The van der Waals surface area contributed by atoms with Gasteiger partial charge in [-0.05, 0) is 27.7 Å². The predicted octanol–water partition coefficient (Wildman–Crippen LogP) is 0.890. The van der Waals surface area contributed by atoms with Gasteiger partial charge in [0, 0.05) is 18.0 Å². The first-order chi connectivity index (χ1) is 13.0. The number of thioether (sulfide) groups is 1. The largest absolute Gasteiger partial charge is 0.387 e. The lowest BCUT2D eigenvalue weighted by molar-refractivity contribution is -0.0340. The van der Waals surface area contributed by atoms with E-state index >= 15 is 0 Å². The third kappa shape index (κ3) is 6.03. The maximum absolute atomic E-state index is 12.8. The van der Waals surface area contributed by atoms with E-state index in [1.54, 1.807) is 27.7 Å². The van der Waals surface area contributed by atoms with Gasteiger partial charge in [-0.3, -0.25) is 18.9 Å². The van der Waals surface area contributed by atoms with Crippen molar-refractivity contribution in [2.45, 2.75) is 64.4 Å². The van der Waals surface area contributed by atoms with Gasteiger partial charge in [0.15, 0.2) is 6.23 Å². The molecule has 2 heterocycles. The fraction of sp³-hybridized carbons (Fsp3) is 0.750. The SMILES string of the molecule is CC(C)OP(=O)(CSC[C@H]1O[C@@H](n2ccc(=O)[nH]c2=O)[C@H](O)[C@@H]1O)OC(C)C. The molecule has 0 unspecified atom stereocenters. The van der Waals surface area contributed by atoms with Gasteiger partial charge in [-0.2, -0.15) is 0 Å². The first-order valence-corrected chi connectivity index (χ1v) is 11.8. The summed E-state index contributed by atoms with van der Waals surface area (Å²) in [5.41, 5.74) is -1.28. The Labute approximate surface area is 166 Å². The van der Waals surface area contributed by atoms with E-state index in [1.165, 1.54) is 18.0 Å². The number of aromatic amines is 1. The lowest BCUT2D eigenvalue weighted by Gasteiger charge is -2.23. The van der Waals surface area contributed by atoms with E-state index in [4.69, 9.17) is 13.8 Å². The van der Waals surface area contributed by atoms with Crippen LogP contribution in [0, 0.1) is 0 Å². The van der Waals surface area contributed by atoms with Crippen LogP contribution < -0.4 is 11.2 Å². The normalized spacial score (nSPS) is 25.7. The van der Waals surface area contributed by atoms with Crippen molar-refractivity contribution < 1.29 is 28.6 Å². The fourth-order valence-corrected chi connectivity index (χ4v) is 6.38. The number of hydrogen-bond acceptors (Lipinski definition) is 9. The van der Waals surface area contributed by atoms with Gasteiger partial charge in [0.2, 0.25) is 0 Å². The molecule has 10 nitrogen and oxygen atoms in total. The smallest absolute Gasteiger partial charge is 0.340 e. The van der Waals surface area contributed by atoms with Crippen LogP contribution in [0.5, 0.6) is 0 Å². The van der Waals surface area contributed by atoms with Crippen molar-refractivity contribution in [3.63, 3.8) is 0 Å². The molecule has 160 valence electrons. The molecule has 0 spiro atoms. The molecule has 0 bridgehead atoms. The molecule has 28 heavy (non-hydrogen) atoms. The molecule has 0 radical (unpaired) electrons. The number of aliphatic hydroxyl groups excluding tert-OH is 2. The molecule has 1 fully saturated rings. The topological polar surface area (TPSA) is 140 Å². The molecular formula is C16H27N2O8PS. The summed E-state index contributed by atoms with van der Waals surface area (Å²) in [6.07, 6.45) is -3.94. The molecule has 1 aromatic rings. The lowest BCUT2D eigenvalue weighted by Crippen LogP contribution is -2.37. The van der Waals surface area contributed by atoms with Gasteiger partial charge in [-0.25, -0.2) is 4.79 Å². The van der Waals surface area contributed by atoms with E-state index in [9.17, 15) is 24.4 Å². The number of H-pyrrole nitrogens is 1. The summed E-state index contributed by atoms with van der Waals surface area (Å²) in [6.45, 7) is 7.03. The highest BCUT2D eigenvalue weighted by atomic mass is 32.2. The number of hydrogen-bond donors (Lipinski definition) is 3. The monoisotopic (exact) mass is 438 g/mol. The molecule has 3 N–H and O–H groups in total. The summed E-state index contributed by atoms with van der Waals surface area (Å²) in [5, 5.41) is 20.5. The Morgan fingerprint density at radius 3 is 2.36 bits per heavy atom. The van der Waals surface area contributed by atoms with Crippen molar-refractivity contribution in [2.75, 3.05) is 11.2 Å². The van der Waals surface area contributed by atoms with Crippen LogP contribution in [0.2, 0.25) is 0 Å². The third-order valence-corrected chi connectivity index (χ3v) is 7.78. The Morgan fingerprint density at radius 1 is 1.21 bits per heavy atom. The number of aliphatic hydroxyl groups is 2. The molecule has 0 amide bonds. The molecule has 4 atom stereocenters. The predicted molar refractivity (Wildman–Crippen MR) is 105 cm³/mol. The highest BCUT2D eigenvalue weighted by Crippen LogP contribution is 2.53. The number of ether oxygens (including phenoxy) is 1. The second-order valence-electron chi connectivity index (χ2n) is 6.98. The third-order valence-electron chi connectivity index (χ3n) is 3.74. The van der Waals surface area contributed by atoms with Gasteiger partial charge in [0.25, 0.3) is 5.56 Å². The summed E-state index contributed by atoms with van der Waals surface area (Å²) in [6, 6.07) is 1.12. The molecule has 2 rings (SSSR count). The van der Waals surface area contributed by atoms with Crippen molar-refractivity contribution in [1.82, 2.24) is 9.55 Å². The summed E-state index contributed by atoms with van der Waals surface area (Å²) >= 11 is 1.20. The van der Waals surface area contributed by atoms with Crippen LogP contribution in [0.1, 0.15) is 33.9 Å². The van der Waals surface area contributed by atoms with Gasteiger partial charge >= 0.3 is 13.3 Å². The molecule has 0 aliphatic carbocycles. The van der Waals surface area contributed by atoms with Crippen LogP contribution in [-0.4, -0.2) is 61.5 Å². The van der Waals surface area contributed by atoms with Crippen LogP contribution in [0.4, 0.5) is 0 Å². The van der Waals surface area contributed by atoms with Crippen LogP contribution in [0.3, 0.4) is 0 Å². The van der Waals surface area contributed by atoms with E-state index < -0.39 is 43.4 Å². The summed E-state index contributed by atoms with van der Waals surface area (Å²) in [7, 11) is -3.34. The maximum Gasteiger partial charge on any atom is 0.340 e. The Kier molecular flexibility index (Phi) is 8.09. The van der Waals surface area contributed by atoms with Gasteiger partial charge in [0.1, 0.15) is 12.2 Å². The Balaban J connectivity index is 2.01. The first-order valence-electron chi connectivity index (χ1n) is 8.89. The zero-order valence-corrected chi connectivity index (χ0v) is 17.9. The zero-order valence-electron chi connectivity index (χ0n) is 16.2. The minimum absolute atomic E-state index is 0.0509. The molecule has 0 saturated carbocycles. The average molecular weight is 438 g/mol. The van der Waals surface area contributed by atoms with Crippen molar-refractivity contribution >= 4 is 19.4 Å². The highest BCUT2D eigenvalue weighted by molar-refractivity contribution is 8.04. The lowest BCUT2D eigenvalue weighted by atomic mass is 10.1. The molecule has 1 aliphatic rings. The number of nitrogens with zero attached hydrogens (tertiary/aromatic N) is 1. The van der Waals surface area contributed by atoms with E-state index in [0.29, 0.717) is 0 Å². The molecule has 12 heteroatoms. The fourth-order valence-electron chi connectivity index (χ4n) is 2.73. The van der Waals surface area contributed by atoms with Crippen LogP contribution in [0.25, 0.3) is 0 Å². The average Bonchev–Trinajstić information content (AvgIpc) is 2.81. The minimum atomic E-state index is -3.34. The van der Waals surface area contributed by atoms with Gasteiger partial charge in [-0.1, -0.05) is 0 Å². The van der Waals surface area contributed by atoms with Crippen molar-refractivity contribution in [2.24, 2.45) is 0 Å². The number of nitrogens with one attached hydrogen (secondary N) is 1. The van der Waals surface area contributed by atoms with Crippen molar-refractivity contribution in [3.8, 4) is 0 Å². The minimum Gasteiger partial charge on any atom is -0.387 e. The van der Waals surface area contributed by atoms with Crippen molar-refractivity contribution in [3.05, 3.63) is 33.1 Å². The highest BCUT2D eigenvalue weighted by Gasteiger charge is 2.44. The van der Waals surface area contributed by atoms with Gasteiger partial charge in [-0.15, -0.1) is 11.8 Å². The Bertz CT molecular complexity index is 796. The van der Waals surface area contributed by atoms with Crippen LogP contribution in [0.15, 0.2) is 21.9 Å². The van der Waals surface area contributed by atoms with Crippen LogP contribution in [-0.2, 0) is 18.3 Å². The van der Waals surface area contributed by atoms with E-state index in [2.05, 4.69) is 4.98 Å². The summed E-state index contributed by atoms with van der Waals surface area (Å²) < 4.78 is 30.4. The number of rotatable bonds is 9. The summed E-state index contributed by atoms with van der Waals surface area (Å²) in [4.78, 5) is 25.1. The zero-order chi connectivity index (χ0) is 21.1.